The first-order valence-corrected chi connectivity index (χ1v) is 30.4. The van der Waals surface area contributed by atoms with Crippen molar-refractivity contribution in [3.8, 4) is 11.5 Å². The summed E-state index contributed by atoms with van der Waals surface area (Å²) in [5.41, 5.74) is 9.16. The largest absolute Gasteiger partial charge is 0.495 e. The van der Waals surface area contributed by atoms with Crippen molar-refractivity contribution in [3.63, 3.8) is 0 Å². The summed E-state index contributed by atoms with van der Waals surface area (Å²) < 4.78 is 25.9. The van der Waals surface area contributed by atoms with Gasteiger partial charge in [0.15, 0.2) is 16.6 Å². The molecule has 0 aliphatic rings. The molecule has 0 unspecified atom stereocenters. The van der Waals surface area contributed by atoms with Crippen LogP contribution >= 0.6 is 0 Å². The summed E-state index contributed by atoms with van der Waals surface area (Å²) >= 11 is 0. The van der Waals surface area contributed by atoms with E-state index in [0.717, 1.165) is 50.8 Å². The third-order valence-electron chi connectivity index (χ3n) is 14.4. The third-order valence-corrected chi connectivity index (χ3v) is 26.7. The number of ether oxygens (including phenoxy) is 2. The summed E-state index contributed by atoms with van der Waals surface area (Å²) in [6.07, 6.45) is 23.2. The molecule has 2 aromatic carbocycles. The van der Waals surface area contributed by atoms with E-state index in [2.05, 4.69) is 140 Å². The fraction of sp³-hybridized carbons (Fsp3) is 0.768. The molecule has 0 spiro atoms. The monoisotopic (exact) mass is 983 g/mol. The first-order chi connectivity index (χ1) is 29.5. The first kappa shape index (κ1) is 60.4. The SMILES string of the molecule is Cc1cc(OCCCCCCCCCCCO[Si](C(C)C)(C(C)C)C(C)C)ccc1[C-](C)c1ccc(OCCCCCCCCCCCO[Si](C(C)C)(C(C)C)C(C)C)cc1C.[Y]. The second kappa shape index (κ2) is 33.0. The summed E-state index contributed by atoms with van der Waals surface area (Å²) in [6.45, 7) is 38.8. The number of rotatable bonds is 36. The van der Waals surface area contributed by atoms with Crippen LogP contribution in [0.2, 0.25) is 33.2 Å². The van der Waals surface area contributed by atoms with E-state index in [0.29, 0.717) is 33.2 Å². The maximum absolute atomic E-state index is 6.74. The predicted molar refractivity (Wildman–Crippen MR) is 278 cm³/mol. The molecular formula is C56H101O4Si2Y-. The number of benzene rings is 2. The Hall–Kier alpha value is -0.632. The fourth-order valence-corrected chi connectivity index (χ4v) is 22.2. The Kier molecular flexibility index (Phi) is 31.6. The van der Waals surface area contributed by atoms with Crippen molar-refractivity contribution in [2.24, 2.45) is 0 Å². The van der Waals surface area contributed by atoms with E-state index in [1.165, 1.54) is 131 Å². The van der Waals surface area contributed by atoms with Gasteiger partial charge < -0.3 is 18.3 Å². The molecular weight excluding hydrogens is 882 g/mol. The molecule has 0 heterocycles. The van der Waals surface area contributed by atoms with Crippen LogP contribution in [0.3, 0.4) is 0 Å². The quantitative estimate of drug-likeness (QED) is 0.0387. The van der Waals surface area contributed by atoms with Gasteiger partial charge in [0, 0.05) is 45.9 Å². The Morgan fingerprint density at radius 3 is 0.857 bits per heavy atom. The zero-order chi connectivity index (χ0) is 46.1. The van der Waals surface area contributed by atoms with Crippen LogP contribution in [0.4, 0.5) is 0 Å². The molecule has 0 saturated heterocycles. The van der Waals surface area contributed by atoms with Crippen molar-refractivity contribution < 1.29 is 51.0 Å². The number of hydrogen-bond donors (Lipinski definition) is 0. The maximum atomic E-state index is 6.74. The van der Waals surface area contributed by atoms with Crippen molar-refractivity contribution in [1.29, 1.82) is 0 Å². The van der Waals surface area contributed by atoms with Crippen LogP contribution < -0.4 is 9.47 Å². The van der Waals surface area contributed by atoms with Gasteiger partial charge in [0.1, 0.15) is 11.5 Å². The van der Waals surface area contributed by atoms with E-state index in [-0.39, 0.29) is 32.7 Å². The van der Waals surface area contributed by atoms with Gasteiger partial charge in [0.25, 0.3) is 0 Å². The van der Waals surface area contributed by atoms with E-state index in [9.17, 15) is 0 Å². The Morgan fingerprint density at radius 1 is 0.381 bits per heavy atom. The molecule has 63 heavy (non-hydrogen) atoms. The van der Waals surface area contributed by atoms with Crippen molar-refractivity contribution in [2.75, 3.05) is 26.4 Å². The van der Waals surface area contributed by atoms with Crippen LogP contribution in [-0.4, -0.2) is 43.1 Å². The Bertz CT molecular complexity index is 1310. The molecule has 2 aromatic rings. The van der Waals surface area contributed by atoms with Crippen LogP contribution in [0.25, 0.3) is 0 Å². The number of aryl methyl sites for hydroxylation is 2. The fourth-order valence-electron chi connectivity index (χ4n) is 11.2. The minimum atomic E-state index is -1.71. The topological polar surface area (TPSA) is 36.9 Å². The molecule has 7 heteroatoms. The van der Waals surface area contributed by atoms with Gasteiger partial charge in [-0.05, 0) is 58.9 Å². The Morgan fingerprint density at radius 2 is 0.619 bits per heavy atom. The Labute approximate surface area is 419 Å². The molecule has 4 nitrogen and oxygen atoms in total. The van der Waals surface area contributed by atoms with Crippen molar-refractivity contribution in [3.05, 3.63) is 64.6 Å². The van der Waals surface area contributed by atoms with Crippen molar-refractivity contribution in [1.82, 2.24) is 0 Å². The average Bonchev–Trinajstić information content (AvgIpc) is 3.20. The van der Waals surface area contributed by atoms with Gasteiger partial charge >= 0.3 is 0 Å². The van der Waals surface area contributed by atoms with E-state index in [1.54, 1.807) is 0 Å². The minimum Gasteiger partial charge on any atom is -0.495 e. The van der Waals surface area contributed by atoms with Gasteiger partial charge in [0.05, 0.1) is 13.2 Å². The number of unbranched alkanes of at least 4 members (excludes halogenated alkanes) is 16. The van der Waals surface area contributed by atoms with Crippen molar-refractivity contribution in [2.45, 2.75) is 253 Å². The predicted octanol–water partition coefficient (Wildman–Crippen LogP) is 18.5. The van der Waals surface area contributed by atoms with Crippen LogP contribution in [0.5, 0.6) is 11.5 Å². The molecule has 0 bridgehead atoms. The normalized spacial score (nSPS) is 12.4. The molecule has 0 atom stereocenters. The van der Waals surface area contributed by atoms with Crippen LogP contribution in [0.15, 0.2) is 36.4 Å². The van der Waals surface area contributed by atoms with E-state index >= 15 is 0 Å². The molecule has 0 amide bonds. The van der Waals surface area contributed by atoms with Gasteiger partial charge in [-0.2, -0.15) is 0 Å². The molecule has 0 aliphatic heterocycles. The summed E-state index contributed by atoms with van der Waals surface area (Å²) in [5, 5.41) is 0. The molecule has 0 aromatic heterocycles. The zero-order valence-electron chi connectivity index (χ0n) is 44.2. The van der Waals surface area contributed by atoms with Gasteiger partial charge in [0.2, 0.25) is 0 Å². The summed E-state index contributed by atoms with van der Waals surface area (Å²) in [5.74, 6) is 3.27. The molecule has 0 fully saturated rings. The minimum absolute atomic E-state index is 0. The van der Waals surface area contributed by atoms with Crippen LogP contribution in [0.1, 0.15) is 228 Å². The summed E-state index contributed by atoms with van der Waals surface area (Å²) in [6, 6.07) is 13.2. The average molecular weight is 983 g/mol. The first-order valence-electron chi connectivity index (χ1n) is 26.1. The standard InChI is InChI=1S/C56H101O4Si2.Y/c1-44(2)61(45(3)4,46(5)6)59-40-32-28-24-20-16-18-22-26-30-38-57-53-34-36-55(50(13)42-53)52(15)56-37-35-54(43-51(56)14)58-39-31-27-23-19-17-21-25-29-33-41-60-62(47(7)8,48(9)10)49(11)12;/h34-37,42-49H,16-33,38-41H2,1-15H3;/q-1;. The van der Waals surface area contributed by atoms with Crippen LogP contribution in [0, 0.1) is 19.8 Å². The summed E-state index contributed by atoms with van der Waals surface area (Å²) in [4.78, 5) is 0. The molecule has 1 radical (unpaired) electrons. The van der Waals surface area contributed by atoms with Crippen molar-refractivity contribution >= 4 is 16.6 Å². The zero-order valence-corrected chi connectivity index (χ0v) is 49.0. The molecule has 0 saturated carbocycles. The molecule has 0 N–H and O–H groups in total. The van der Waals surface area contributed by atoms with E-state index < -0.39 is 16.6 Å². The maximum Gasteiger partial charge on any atom is 0.200 e. The van der Waals surface area contributed by atoms with E-state index in [4.69, 9.17) is 18.3 Å². The molecule has 361 valence electrons. The number of hydrogen-bond acceptors (Lipinski definition) is 4. The van der Waals surface area contributed by atoms with Gasteiger partial charge in [-0.15, -0.1) is 40.3 Å². The Balaban J connectivity index is 0.0000198. The van der Waals surface area contributed by atoms with E-state index in [1.807, 2.05) is 0 Å². The second-order valence-corrected chi connectivity index (χ2v) is 31.9. The van der Waals surface area contributed by atoms with Gasteiger partial charge in [-0.1, -0.05) is 218 Å². The molecule has 0 aliphatic carbocycles. The third kappa shape index (κ3) is 20.2. The van der Waals surface area contributed by atoms with Gasteiger partial charge in [-0.3, -0.25) is 0 Å². The summed E-state index contributed by atoms with van der Waals surface area (Å²) in [7, 11) is -3.41. The van der Waals surface area contributed by atoms with Gasteiger partial charge in [-0.25, -0.2) is 0 Å². The molecule has 2 rings (SSSR count). The smallest absolute Gasteiger partial charge is 0.200 e. The second-order valence-electron chi connectivity index (χ2n) is 21.0. The van der Waals surface area contributed by atoms with Crippen LogP contribution in [-0.2, 0) is 41.6 Å².